The van der Waals surface area contributed by atoms with Gasteiger partial charge in [-0.25, -0.2) is 4.79 Å². The van der Waals surface area contributed by atoms with Crippen molar-refractivity contribution in [1.29, 1.82) is 0 Å². The predicted molar refractivity (Wildman–Crippen MR) is 81.6 cm³/mol. The monoisotopic (exact) mass is 292 g/mol. The molecule has 0 spiro atoms. The molecule has 2 rings (SSSR count). The number of rotatable bonds is 5. The highest BCUT2D eigenvalue weighted by Gasteiger charge is 2.16. The van der Waals surface area contributed by atoms with Crippen LogP contribution in [0.15, 0.2) is 24.3 Å². The van der Waals surface area contributed by atoms with Crippen molar-refractivity contribution in [3.05, 3.63) is 29.8 Å². The highest BCUT2D eigenvalue weighted by atomic mass is 16.5. The molecule has 1 aliphatic rings. The van der Waals surface area contributed by atoms with Gasteiger partial charge in [-0.1, -0.05) is 18.2 Å². The molecule has 2 N–H and O–H groups in total. The van der Waals surface area contributed by atoms with E-state index in [1.807, 2.05) is 38.1 Å². The fourth-order valence-electron chi connectivity index (χ4n) is 2.27. The minimum absolute atomic E-state index is 0.0838. The number of hydrogen-bond donors (Lipinski definition) is 2. The summed E-state index contributed by atoms with van der Waals surface area (Å²) in [6.45, 7) is 5.80. The number of aryl methyl sites for hydroxylation is 1. The number of amides is 2. The number of para-hydroxylation sites is 1. The summed E-state index contributed by atoms with van der Waals surface area (Å²) in [5.74, 6) is 0.855. The van der Waals surface area contributed by atoms with Crippen LogP contribution in [0.1, 0.15) is 25.3 Å². The Hall–Kier alpha value is -1.75. The van der Waals surface area contributed by atoms with E-state index in [1.54, 1.807) is 0 Å². The summed E-state index contributed by atoms with van der Waals surface area (Å²) in [5, 5.41) is 5.76. The minimum Gasteiger partial charge on any atom is -0.489 e. The number of ether oxygens (including phenoxy) is 2. The normalized spacial score (nSPS) is 19.6. The summed E-state index contributed by atoms with van der Waals surface area (Å²) in [5.41, 5.74) is 1.09. The van der Waals surface area contributed by atoms with Gasteiger partial charge in [-0.05, 0) is 38.3 Å². The lowest BCUT2D eigenvalue weighted by molar-refractivity contribution is 0.0730. The van der Waals surface area contributed by atoms with Crippen LogP contribution in [-0.4, -0.2) is 37.9 Å². The Bertz CT molecular complexity index is 459. The van der Waals surface area contributed by atoms with E-state index in [0.29, 0.717) is 13.2 Å². The average molecular weight is 292 g/mol. The van der Waals surface area contributed by atoms with Crippen molar-refractivity contribution >= 4 is 6.03 Å². The number of benzene rings is 1. The quantitative estimate of drug-likeness (QED) is 0.875. The van der Waals surface area contributed by atoms with E-state index in [0.717, 1.165) is 30.8 Å². The number of urea groups is 1. The lowest BCUT2D eigenvalue weighted by Crippen LogP contribution is -2.47. The second kappa shape index (κ2) is 7.88. The third-order valence-electron chi connectivity index (χ3n) is 3.47. The maximum atomic E-state index is 11.8. The summed E-state index contributed by atoms with van der Waals surface area (Å²) in [4.78, 5) is 11.8. The van der Waals surface area contributed by atoms with E-state index in [-0.39, 0.29) is 18.2 Å². The molecule has 0 aliphatic carbocycles. The number of hydrogen-bond acceptors (Lipinski definition) is 3. The lowest BCUT2D eigenvalue weighted by Gasteiger charge is -2.24. The molecule has 0 aromatic heterocycles. The third-order valence-corrected chi connectivity index (χ3v) is 3.47. The Morgan fingerprint density at radius 3 is 3.00 bits per heavy atom. The van der Waals surface area contributed by atoms with Crippen molar-refractivity contribution in [2.24, 2.45) is 0 Å². The molecule has 1 saturated heterocycles. The van der Waals surface area contributed by atoms with E-state index < -0.39 is 0 Å². The lowest BCUT2D eigenvalue weighted by atomic mass is 10.1. The largest absolute Gasteiger partial charge is 0.489 e. The van der Waals surface area contributed by atoms with Gasteiger partial charge in [-0.2, -0.15) is 0 Å². The van der Waals surface area contributed by atoms with Crippen molar-refractivity contribution in [2.75, 3.05) is 19.8 Å². The van der Waals surface area contributed by atoms with E-state index in [1.165, 1.54) is 0 Å². The van der Waals surface area contributed by atoms with Crippen LogP contribution in [0.3, 0.4) is 0 Å². The first kappa shape index (κ1) is 15.6. The molecule has 116 valence electrons. The fraction of sp³-hybridized carbons (Fsp3) is 0.562. The number of carbonyl (C=O) groups is 1. The molecule has 0 radical (unpaired) electrons. The van der Waals surface area contributed by atoms with Crippen LogP contribution in [0, 0.1) is 6.92 Å². The summed E-state index contributed by atoms with van der Waals surface area (Å²) in [7, 11) is 0. The van der Waals surface area contributed by atoms with Crippen molar-refractivity contribution < 1.29 is 14.3 Å². The molecule has 5 nitrogen and oxygen atoms in total. The van der Waals surface area contributed by atoms with Crippen molar-refractivity contribution in [3.63, 3.8) is 0 Å². The molecule has 1 aromatic rings. The van der Waals surface area contributed by atoms with Crippen molar-refractivity contribution in [2.45, 2.75) is 38.8 Å². The van der Waals surface area contributed by atoms with Crippen LogP contribution >= 0.6 is 0 Å². The molecule has 1 aromatic carbocycles. The smallest absolute Gasteiger partial charge is 0.315 e. The minimum atomic E-state index is -0.161. The SMILES string of the molecule is Cc1ccccc1OC(C)CNC(=O)NC1CCCOC1. The van der Waals surface area contributed by atoms with Gasteiger partial charge in [-0.3, -0.25) is 0 Å². The second-order valence-corrected chi connectivity index (χ2v) is 5.46. The first-order chi connectivity index (χ1) is 10.1. The second-order valence-electron chi connectivity index (χ2n) is 5.46. The van der Waals surface area contributed by atoms with Gasteiger partial charge < -0.3 is 20.1 Å². The summed E-state index contributed by atoms with van der Waals surface area (Å²) >= 11 is 0. The Balaban J connectivity index is 1.69. The molecule has 0 saturated carbocycles. The maximum absolute atomic E-state index is 11.8. The van der Waals surface area contributed by atoms with Gasteiger partial charge in [0, 0.05) is 6.61 Å². The third kappa shape index (κ3) is 5.27. The molecule has 21 heavy (non-hydrogen) atoms. The predicted octanol–water partition coefficient (Wildman–Crippen LogP) is 2.24. The number of carbonyl (C=O) groups excluding carboxylic acids is 1. The molecule has 1 fully saturated rings. The molecule has 2 unspecified atom stereocenters. The van der Waals surface area contributed by atoms with Gasteiger partial charge in [0.2, 0.25) is 0 Å². The van der Waals surface area contributed by atoms with E-state index in [4.69, 9.17) is 9.47 Å². The Morgan fingerprint density at radius 1 is 1.48 bits per heavy atom. The van der Waals surface area contributed by atoms with Gasteiger partial charge in [0.05, 0.1) is 19.2 Å². The van der Waals surface area contributed by atoms with Gasteiger partial charge in [0.15, 0.2) is 0 Å². The van der Waals surface area contributed by atoms with E-state index in [2.05, 4.69) is 10.6 Å². The van der Waals surface area contributed by atoms with Crippen molar-refractivity contribution in [1.82, 2.24) is 10.6 Å². The Kier molecular flexibility index (Phi) is 5.87. The molecule has 2 atom stereocenters. The summed E-state index contributed by atoms with van der Waals surface area (Å²) in [6, 6.07) is 7.82. The molecule has 1 heterocycles. The highest BCUT2D eigenvalue weighted by molar-refractivity contribution is 5.74. The first-order valence-electron chi connectivity index (χ1n) is 7.49. The van der Waals surface area contributed by atoms with Gasteiger partial charge in [-0.15, -0.1) is 0 Å². The standard InChI is InChI=1S/C16H24N2O3/c1-12-6-3-4-8-15(12)21-13(2)10-17-16(19)18-14-7-5-9-20-11-14/h3-4,6,8,13-14H,5,7,9-11H2,1-2H3,(H2,17,18,19). The maximum Gasteiger partial charge on any atom is 0.315 e. The summed E-state index contributed by atoms with van der Waals surface area (Å²) in [6.07, 6.45) is 1.89. The molecular formula is C16H24N2O3. The molecular weight excluding hydrogens is 268 g/mol. The highest BCUT2D eigenvalue weighted by Crippen LogP contribution is 2.17. The van der Waals surface area contributed by atoms with Crippen LogP contribution < -0.4 is 15.4 Å². The Labute approximate surface area is 126 Å². The van der Waals surface area contributed by atoms with Crippen molar-refractivity contribution in [3.8, 4) is 5.75 Å². The zero-order valence-electron chi connectivity index (χ0n) is 12.7. The molecule has 0 bridgehead atoms. The molecule has 5 heteroatoms. The molecule has 1 aliphatic heterocycles. The topological polar surface area (TPSA) is 59.6 Å². The van der Waals surface area contributed by atoms with Gasteiger partial charge in [0.1, 0.15) is 11.9 Å². The zero-order valence-corrected chi connectivity index (χ0v) is 12.7. The van der Waals surface area contributed by atoms with Crippen LogP contribution in [0.2, 0.25) is 0 Å². The van der Waals surface area contributed by atoms with E-state index in [9.17, 15) is 4.79 Å². The molecule has 2 amide bonds. The van der Waals surface area contributed by atoms with E-state index >= 15 is 0 Å². The summed E-state index contributed by atoms with van der Waals surface area (Å²) < 4.78 is 11.2. The first-order valence-corrected chi connectivity index (χ1v) is 7.49. The Morgan fingerprint density at radius 2 is 2.29 bits per heavy atom. The number of nitrogens with one attached hydrogen (secondary N) is 2. The van der Waals surface area contributed by atoms with Gasteiger partial charge >= 0.3 is 6.03 Å². The zero-order chi connectivity index (χ0) is 15.1. The van der Waals surface area contributed by atoms with Gasteiger partial charge in [0.25, 0.3) is 0 Å². The van der Waals surface area contributed by atoms with Crippen LogP contribution in [0.4, 0.5) is 4.79 Å². The van der Waals surface area contributed by atoms with Crippen LogP contribution in [0.25, 0.3) is 0 Å². The van der Waals surface area contributed by atoms with Crippen LogP contribution in [0.5, 0.6) is 5.75 Å². The van der Waals surface area contributed by atoms with Crippen LogP contribution in [-0.2, 0) is 4.74 Å². The average Bonchev–Trinajstić information content (AvgIpc) is 2.49. The fourth-order valence-corrected chi connectivity index (χ4v) is 2.27.